The number of anilines is 1. The van der Waals surface area contributed by atoms with Gasteiger partial charge in [0.1, 0.15) is 5.69 Å². The van der Waals surface area contributed by atoms with Gasteiger partial charge in [0.25, 0.3) is 5.91 Å². The zero-order valence-electron chi connectivity index (χ0n) is 11.4. The van der Waals surface area contributed by atoms with Gasteiger partial charge in [-0.15, -0.1) is 11.3 Å². The fourth-order valence-electron chi connectivity index (χ4n) is 1.90. The summed E-state index contributed by atoms with van der Waals surface area (Å²) in [6, 6.07) is 4.93. The minimum absolute atomic E-state index is 0.0864. The molecule has 21 heavy (non-hydrogen) atoms. The summed E-state index contributed by atoms with van der Waals surface area (Å²) in [5.74, 6) is -1.51. The van der Waals surface area contributed by atoms with Gasteiger partial charge in [-0.2, -0.15) is 0 Å². The summed E-state index contributed by atoms with van der Waals surface area (Å²) in [5.41, 5.74) is 6.64. The quantitative estimate of drug-likeness (QED) is 0.782. The lowest BCUT2D eigenvalue weighted by molar-refractivity contribution is 0.0697. The highest BCUT2D eigenvalue weighted by atomic mass is 32.1. The van der Waals surface area contributed by atoms with E-state index in [1.807, 2.05) is 0 Å². The van der Waals surface area contributed by atoms with Crippen LogP contribution in [0, 0.1) is 6.92 Å². The second-order valence-corrected chi connectivity index (χ2v) is 5.36. The maximum Gasteiger partial charge on any atom is 0.338 e. The summed E-state index contributed by atoms with van der Waals surface area (Å²) in [5, 5.41) is 14.2. The third-order valence-electron chi connectivity index (χ3n) is 2.88. The number of nitrogens with two attached hydrogens (primary N) is 1. The molecular weight excluding hydrogens is 290 g/mol. The van der Waals surface area contributed by atoms with Crippen LogP contribution in [-0.4, -0.2) is 28.5 Å². The monoisotopic (exact) mass is 305 g/mol. The molecule has 1 aromatic carbocycles. The van der Waals surface area contributed by atoms with Crippen molar-refractivity contribution in [1.29, 1.82) is 0 Å². The highest BCUT2D eigenvalue weighted by Gasteiger charge is 2.17. The van der Waals surface area contributed by atoms with Gasteiger partial charge in [-0.05, 0) is 25.1 Å². The molecule has 1 amide bonds. The van der Waals surface area contributed by atoms with E-state index in [9.17, 15) is 14.7 Å². The SMILES string of the molecule is Cc1cccc(NC(=O)c2csc(CCN)n2)c1C(=O)O. The zero-order chi connectivity index (χ0) is 15.4. The minimum Gasteiger partial charge on any atom is -0.478 e. The van der Waals surface area contributed by atoms with Crippen LogP contribution in [-0.2, 0) is 6.42 Å². The lowest BCUT2D eigenvalue weighted by Gasteiger charge is -2.09. The number of aromatic carboxylic acids is 1. The number of hydrogen-bond donors (Lipinski definition) is 3. The van der Waals surface area contributed by atoms with Crippen molar-refractivity contribution in [3.8, 4) is 0 Å². The van der Waals surface area contributed by atoms with Gasteiger partial charge in [-0.1, -0.05) is 12.1 Å². The Hall–Kier alpha value is -2.25. The number of carbonyl (C=O) groups excluding carboxylic acids is 1. The predicted molar refractivity (Wildman–Crippen MR) is 81.0 cm³/mol. The topological polar surface area (TPSA) is 105 Å². The van der Waals surface area contributed by atoms with Crippen LogP contribution in [0.25, 0.3) is 0 Å². The molecule has 1 aromatic heterocycles. The Morgan fingerprint density at radius 2 is 2.19 bits per heavy atom. The smallest absolute Gasteiger partial charge is 0.338 e. The van der Waals surface area contributed by atoms with E-state index in [-0.39, 0.29) is 16.9 Å². The summed E-state index contributed by atoms with van der Waals surface area (Å²) < 4.78 is 0. The molecule has 0 saturated carbocycles. The van der Waals surface area contributed by atoms with Crippen molar-refractivity contribution in [2.45, 2.75) is 13.3 Å². The first kappa shape index (κ1) is 15.1. The third kappa shape index (κ3) is 3.45. The molecule has 110 valence electrons. The second-order valence-electron chi connectivity index (χ2n) is 4.42. The molecule has 0 spiro atoms. The van der Waals surface area contributed by atoms with Crippen LogP contribution < -0.4 is 11.1 Å². The van der Waals surface area contributed by atoms with Crippen LogP contribution in [0.15, 0.2) is 23.6 Å². The predicted octanol–water partition coefficient (Wildman–Crippen LogP) is 1.90. The zero-order valence-corrected chi connectivity index (χ0v) is 12.2. The largest absolute Gasteiger partial charge is 0.478 e. The molecule has 2 rings (SSSR count). The molecule has 0 aliphatic rings. The van der Waals surface area contributed by atoms with Crippen LogP contribution in [0.3, 0.4) is 0 Å². The molecule has 7 heteroatoms. The summed E-state index contributed by atoms with van der Waals surface area (Å²) >= 11 is 1.36. The molecule has 0 fully saturated rings. The number of aryl methyl sites for hydroxylation is 1. The van der Waals surface area contributed by atoms with Crippen molar-refractivity contribution in [3.63, 3.8) is 0 Å². The Balaban J connectivity index is 2.23. The van der Waals surface area contributed by atoms with Gasteiger partial charge in [0.05, 0.1) is 16.3 Å². The lowest BCUT2D eigenvalue weighted by Crippen LogP contribution is -2.16. The van der Waals surface area contributed by atoms with E-state index in [4.69, 9.17) is 5.73 Å². The molecular formula is C14H15N3O3S. The number of amides is 1. The minimum atomic E-state index is -1.08. The maximum atomic E-state index is 12.1. The number of carboxylic acid groups (broad SMARTS) is 1. The fourth-order valence-corrected chi connectivity index (χ4v) is 2.69. The Labute approximate surface area is 125 Å². The van der Waals surface area contributed by atoms with Gasteiger partial charge in [0.15, 0.2) is 0 Å². The number of thiazole rings is 1. The molecule has 1 heterocycles. The van der Waals surface area contributed by atoms with E-state index in [2.05, 4.69) is 10.3 Å². The van der Waals surface area contributed by atoms with E-state index in [1.54, 1.807) is 30.5 Å². The molecule has 0 bridgehead atoms. The number of aromatic nitrogens is 1. The first-order valence-electron chi connectivity index (χ1n) is 6.31. The molecule has 0 unspecified atom stereocenters. The highest BCUT2D eigenvalue weighted by molar-refractivity contribution is 7.09. The normalized spacial score (nSPS) is 10.4. The number of hydrogen-bond acceptors (Lipinski definition) is 5. The second kappa shape index (κ2) is 6.47. The Bertz CT molecular complexity index is 682. The van der Waals surface area contributed by atoms with E-state index in [0.29, 0.717) is 18.5 Å². The Morgan fingerprint density at radius 1 is 1.43 bits per heavy atom. The maximum absolute atomic E-state index is 12.1. The van der Waals surface area contributed by atoms with Crippen LogP contribution >= 0.6 is 11.3 Å². The molecule has 0 radical (unpaired) electrons. The standard InChI is InChI=1S/C14H15N3O3S/c1-8-3-2-4-9(12(8)14(19)20)17-13(18)10-7-21-11(16-10)5-6-15/h2-4,7H,5-6,15H2,1H3,(H,17,18)(H,19,20). The van der Waals surface area contributed by atoms with Crippen LogP contribution in [0.4, 0.5) is 5.69 Å². The number of nitrogens with zero attached hydrogens (tertiary/aromatic N) is 1. The van der Waals surface area contributed by atoms with E-state index in [1.165, 1.54) is 11.3 Å². The van der Waals surface area contributed by atoms with Gasteiger partial charge in [0.2, 0.25) is 0 Å². The van der Waals surface area contributed by atoms with Crippen molar-refractivity contribution >= 4 is 28.9 Å². The van der Waals surface area contributed by atoms with Crippen molar-refractivity contribution in [3.05, 3.63) is 45.4 Å². The van der Waals surface area contributed by atoms with Crippen LogP contribution in [0.2, 0.25) is 0 Å². The highest BCUT2D eigenvalue weighted by Crippen LogP contribution is 2.20. The average Bonchev–Trinajstić information content (AvgIpc) is 2.87. The summed E-state index contributed by atoms with van der Waals surface area (Å²) in [6.45, 7) is 2.15. The molecule has 0 aliphatic carbocycles. The van der Waals surface area contributed by atoms with Crippen molar-refractivity contribution in [1.82, 2.24) is 4.98 Å². The number of carboxylic acids is 1. The lowest BCUT2D eigenvalue weighted by atomic mass is 10.1. The molecule has 4 N–H and O–H groups in total. The van der Waals surface area contributed by atoms with Gasteiger partial charge in [-0.3, -0.25) is 4.79 Å². The third-order valence-corrected chi connectivity index (χ3v) is 3.79. The number of nitrogens with one attached hydrogen (secondary N) is 1. The van der Waals surface area contributed by atoms with E-state index < -0.39 is 11.9 Å². The molecule has 2 aromatic rings. The molecule has 0 aliphatic heterocycles. The molecule has 0 atom stereocenters. The average molecular weight is 305 g/mol. The Kier molecular flexibility index (Phi) is 4.66. The first-order valence-corrected chi connectivity index (χ1v) is 7.19. The number of benzene rings is 1. The van der Waals surface area contributed by atoms with Gasteiger partial charge < -0.3 is 16.2 Å². The van der Waals surface area contributed by atoms with E-state index >= 15 is 0 Å². The van der Waals surface area contributed by atoms with Crippen molar-refractivity contribution in [2.75, 3.05) is 11.9 Å². The van der Waals surface area contributed by atoms with Gasteiger partial charge >= 0.3 is 5.97 Å². The van der Waals surface area contributed by atoms with Gasteiger partial charge in [0, 0.05) is 11.8 Å². The summed E-state index contributed by atoms with van der Waals surface area (Å²) in [4.78, 5) is 27.6. The summed E-state index contributed by atoms with van der Waals surface area (Å²) in [6.07, 6.45) is 0.614. The number of carbonyl (C=O) groups is 2. The number of rotatable bonds is 5. The van der Waals surface area contributed by atoms with Crippen molar-refractivity contribution in [2.24, 2.45) is 5.73 Å². The van der Waals surface area contributed by atoms with E-state index in [0.717, 1.165) is 5.01 Å². The van der Waals surface area contributed by atoms with Crippen molar-refractivity contribution < 1.29 is 14.7 Å². The van der Waals surface area contributed by atoms with Crippen LogP contribution in [0.5, 0.6) is 0 Å². The summed E-state index contributed by atoms with van der Waals surface area (Å²) in [7, 11) is 0. The first-order chi connectivity index (χ1) is 10.0. The van der Waals surface area contributed by atoms with Gasteiger partial charge in [-0.25, -0.2) is 9.78 Å². The Morgan fingerprint density at radius 3 is 2.86 bits per heavy atom. The molecule has 6 nitrogen and oxygen atoms in total. The fraction of sp³-hybridized carbons (Fsp3) is 0.214. The van der Waals surface area contributed by atoms with Crippen LogP contribution in [0.1, 0.15) is 31.4 Å². The molecule has 0 saturated heterocycles.